The fraction of sp³-hybridized carbons (Fsp3) is 0.545. The lowest BCUT2D eigenvalue weighted by Gasteiger charge is -1.98. The van der Waals surface area contributed by atoms with E-state index in [1.54, 1.807) is 11.3 Å². The molecule has 0 unspecified atom stereocenters. The zero-order valence-electron chi connectivity index (χ0n) is 7.88. The van der Waals surface area contributed by atoms with Gasteiger partial charge in [0.05, 0.1) is 0 Å². The molecule has 2 rings (SSSR count). The van der Waals surface area contributed by atoms with Crippen molar-refractivity contribution in [3.63, 3.8) is 0 Å². The molecule has 1 aromatic rings. The van der Waals surface area contributed by atoms with Gasteiger partial charge in [-0.1, -0.05) is 0 Å². The van der Waals surface area contributed by atoms with Crippen molar-refractivity contribution in [2.45, 2.75) is 32.6 Å². The second-order valence-electron chi connectivity index (χ2n) is 3.77. The van der Waals surface area contributed by atoms with E-state index in [0.29, 0.717) is 11.7 Å². The van der Waals surface area contributed by atoms with E-state index in [2.05, 4.69) is 18.4 Å². The maximum atomic E-state index is 11.4. The van der Waals surface area contributed by atoms with Gasteiger partial charge in [0.2, 0.25) is 0 Å². The fourth-order valence-corrected chi connectivity index (χ4v) is 2.42. The molecular weight excluding hydrogens is 180 g/mol. The smallest absolute Gasteiger partial charge is 0.136 e. The molecule has 0 amide bonds. The summed E-state index contributed by atoms with van der Waals surface area (Å²) in [4.78, 5) is 12.8. The Kier molecular flexibility index (Phi) is 2.49. The van der Waals surface area contributed by atoms with Gasteiger partial charge >= 0.3 is 0 Å². The third-order valence-electron chi connectivity index (χ3n) is 2.60. The molecule has 0 aromatic carbocycles. The molecule has 1 nitrogen and oxygen atoms in total. The zero-order chi connectivity index (χ0) is 9.26. The highest BCUT2D eigenvalue weighted by molar-refractivity contribution is 7.10. The molecule has 1 aliphatic carbocycles. The van der Waals surface area contributed by atoms with Crippen molar-refractivity contribution in [3.05, 3.63) is 21.9 Å². The Morgan fingerprint density at radius 2 is 2.38 bits per heavy atom. The van der Waals surface area contributed by atoms with E-state index >= 15 is 0 Å². The predicted octanol–water partition coefficient (Wildman–Crippen LogP) is 2.97. The van der Waals surface area contributed by atoms with Crippen LogP contribution in [0.25, 0.3) is 0 Å². The lowest BCUT2D eigenvalue weighted by Crippen LogP contribution is -2.01. The highest BCUT2D eigenvalue weighted by Crippen LogP contribution is 2.31. The molecule has 70 valence electrons. The number of carbonyl (C=O) groups excluding carboxylic acids is 1. The summed E-state index contributed by atoms with van der Waals surface area (Å²) in [6.07, 6.45) is 4.00. The van der Waals surface area contributed by atoms with E-state index in [-0.39, 0.29) is 0 Å². The van der Waals surface area contributed by atoms with Crippen LogP contribution in [0.1, 0.15) is 29.7 Å². The third-order valence-corrected chi connectivity index (χ3v) is 3.68. The van der Waals surface area contributed by atoms with Gasteiger partial charge in [-0.05, 0) is 43.2 Å². The van der Waals surface area contributed by atoms with E-state index < -0.39 is 0 Å². The first-order valence-electron chi connectivity index (χ1n) is 4.83. The van der Waals surface area contributed by atoms with Crippen LogP contribution >= 0.6 is 11.3 Å². The SMILES string of the molecule is Cc1ccsc1CCC(=O)C1CC1. The van der Waals surface area contributed by atoms with Gasteiger partial charge in [0, 0.05) is 17.2 Å². The van der Waals surface area contributed by atoms with Crippen LogP contribution in [-0.2, 0) is 11.2 Å². The second kappa shape index (κ2) is 3.62. The standard InChI is InChI=1S/C11H14OS/c1-8-6-7-13-11(8)5-4-10(12)9-2-3-9/h6-7,9H,2-5H2,1H3. The number of rotatable bonds is 4. The molecule has 0 aliphatic heterocycles. The highest BCUT2D eigenvalue weighted by atomic mass is 32.1. The molecule has 0 atom stereocenters. The number of carbonyl (C=O) groups is 1. The number of hydrogen-bond acceptors (Lipinski definition) is 2. The van der Waals surface area contributed by atoms with Crippen LogP contribution in [0.5, 0.6) is 0 Å². The zero-order valence-corrected chi connectivity index (χ0v) is 8.69. The lowest BCUT2D eigenvalue weighted by molar-refractivity contribution is -0.120. The van der Waals surface area contributed by atoms with Crippen molar-refractivity contribution in [1.29, 1.82) is 0 Å². The van der Waals surface area contributed by atoms with Crippen molar-refractivity contribution < 1.29 is 4.79 Å². The molecule has 0 spiro atoms. The van der Waals surface area contributed by atoms with Gasteiger partial charge in [0.1, 0.15) is 5.78 Å². The van der Waals surface area contributed by atoms with Crippen molar-refractivity contribution >= 4 is 17.1 Å². The topological polar surface area (TPSA) is 17.1 Å². The summed E-state index contributed by atoms with van der Waals surface area (Å²) < 4.78 is 0. The van der Waals surface area contributed by atoms with Crippen LogP contribution in [0.2, 0.25) is 0 Å². The van der Waals surface area contributed by atoms with Crippen LogP contribution in [0.4, 0.5) is 0 Å². The molecule has 1 aliphatic rings. The minimum absolute atomic E-state index is 0.431. The molecule has 13 heavy (non-hydrogen) atoms. The van der Waals surface area contributed by atoms with Crippen LogP contribution in [0, 0.1) is 12.8 Å². The van der Waals surface area contributed by atoms with E-state index in [4.69, 9.17) is 0 Å². The largest absolute Gasteiger partial charge is 0.299 e. The van der Waals surface area contributed by atoms with E-state index in [1.165, 1.54) is 10.4 Å². The molecule has 1 fully saturated rings. The fourth-order valence-electron chi connectivity index (χ4n) is 1.51. The average molecular weight is 194 g/mol. The molecule has 0 saturated heterocycles. The Balaban J connectivity index is 1.85. The van der Waals surface area contributed by atoms with Crippen molar-refractivity contribution in [2.75, 3.05) is 0 Å². The Morgan fingerprint density at radius 3 is 2.92 bits per heavy atom. The second-order valence-corrected chi connectivity index (χ2v) is 4.77. The summed E-state index contributed by atoms with van der Waals surface area (Å²) in [6.45, 7) is 2.12. The van der Waals surface area contributed by atoms with Gasteiger partial charge in [0.25, 0.3) is 0 Å². The Morgan fingerprint density at radius 1 is 1.62 bits per heavy atom. The third kappa shape index (κ3) is 2.19. The van der Waals surface area contributed by atoms with Gasteiger partial charge in [-0.15, -0.1) is 11.3 Å². The Hall–Kier alpha value is -0.630. The van der Waals surface area contributed by atoms with E-state index in [0.717, 1.165) is 25.7 Å². The maximum absolute atomic E-state index is 11.4. The van der Waals surface area contributed by atoms with Crippen LogP contribution in [0.3, 0.4) is 0 Å². The summed E-state index contributed by atoms with van der Waals surface area (Å²) in [5, 5.41) is 2.10. The number of hydrogen-bond donors (Lipinski definition) is 0. The van der Waals surface area contributed by atoms with Gasteiger partial charge in [-0.3, -0.25) is 4.79 Å². The van der Waals surface area contributed by atoms with E-state index in [1.807, 2.05) is 0 Å². The van der Waals surface area contributed by atoms with Gasteiger partial charge < -0.3 is 0 Å². The predicted molar refractivity (Wildman–Crippen MR) is 55.1 cm³/mol. The van der Waals surface area contributed by atoms with Gasteiger partial charge in [-0.2, -0.15) is 0 Å². The Bertz CT molecular complexity index is 310. The van der Waals surface area contributed by atoms with Crippen LogP contribution in [0.15, 0.2) is 11.4 Å². The summed E-state index contributed by atoms with van der Waals surface area (Å²) in [5.41, 5.74) is 1.34. The molecular formula is C11H14OS. The molecule has 1 saturated carbocycles. The van der Waals surface area contributed by atoms with E-state index in [9.17, 15) is 4.79 Å². The maximum Gasteiger partial charge on any atom is 0.136 e. The summed E-state index contributed by atoms with van der Waals surface area (Å²) >= 11 is 1.77. The molecule has 0 bridgehead atoms. The van der Waals surface area contributed by atoms with Crippen molar-refractivity contribution in [1.82, 2.24) is 0 Å². The number of aryl methyl sites for hydroxylation is 2. The summed E-state index contributed by atoms with van der Waals surface area (Å²) in [7, 11) is 0. The normalized spacial score (nSPS) is 16.1. The highest BCUT2D eigenvalue weighted by Gasteiger charge is 2.28. The van der Waals surface area contributed by atoms with Crippen LogP contribution in [-0.4, -0.2) is 5.78 Å². The van der Waals surface area contributed by atoms with Gasteiger partial charge in [0.15, 0.2) is 0 Å². The quantitative estimate of drug-likeness (QED) is 0.720. The van der Waals surface area contributed by atoms with Gasteiger partial charge in [-0.25, -0.2) is 0 Å². The first-order chi connectivity index (χ1) is 6.27. The number of Topliss-reactive ketones (excluding diaryl/α,β-unsaturated/α-hetero) is 1. The lowest BCUT2D eigenvalue weighted by atomic mass is 10.1. The monoisotopic (exact) mass is 194 g/mol. The summed E-state index contributed by atoms with van der Waals surface area (Å²) in [5.74, 6) is 0.910. The minimum Gasteiger partial charge on any atom is -0.299 e. The summed E-state index contributed by atoms with van der Waals surface area (Å²) in [6, 6.07) is 2.13. The number of ketones is 1. The molecule has 0 N–H and O–H groups in total. The molecule has 2 heteroatoms. The van der Waals surface area contributed by atoms with Crippen molar-refractivity contribution in [2.24, 2.45) is 5.92 Å². The number of thiophene rings is 1. The average Bonchev–Trinajstić information content (AvgIpc) is 2.88. The first kappa shape index (κ1) is 8.95. The first-order valence-corrected chi connectivity index (χ1v) is 5.71. The van der Waals surface area contributed by atoms with Crippen molar-refractivity contribution in [3.8, 4) is 0 Å². The Labute approximate surface area is 82.8 Å². The molecule has 0 radical (unpaired) electrons. The minimum atomic E-state index is 0.431. The molecule has 1 heterocycles. The van der Waals surface area contributed by atoms with Crippen LogP contribution < -0.4 is 0 Å². The molecule has 1 aromatic heterocycles.